The first-order valence-corrected chi connectivity index (χ1v) is 7.21. The molecular weight excluding hydrogens is 259 g/mol. The van der Waals surface area contributed by atoms with Gasteiger partial charge in [0.05, 0.1) is 6.61 Å². The molecule has 0 amide bonds. The SMILES string of the molecule is C=O.O=C1C(COP(=O)(O)O)C2C3C=CC(C3)C12. The van der Waals surface area contributed by atoms with Crippen molar-refractivity contribution >= 4 is 20.4 Å². The van der Waals surface area contributed by atoms with Crippen LogP contribution in [0, 0.1) is 29.6 Å². The van der Waals surface area contributed by atoms with Crippen molar-refractivity contribution < 1.29 is 28.5 Å². The fraction of sp³-hybridized carbons (Fsp3) is 0.636. The summed E-state index contributed by atoms with van der Waals surface area (Å²) in [6, 6.07) is 0. The van der Waals surface area contributed by atoms with Crippen molar-refractivity contribution in [1.82, 2.24) is 0 Å². The normalized spacial score (nSPS) is 39.9. The van der Waals surface area contributed by atoms with Crippen LogP contribution in [0.25, 0.3) is 0 Å². The molecule has 0 aromatic heterocycles. The highest BCUT2D eigenvalue weighted by Crippen LogP contribution is 2.59. The molecule has 0 aliphatic heterocycles. The van der Waals surface area contributed by atoms with Gasteiger partial charge in [-0.1, -0.05) is 12.2 Å². The van der Waals surface area contributed by atoms with Gasteiger partial charge in [-0.2, -0.15) is 0 Å². The molecule has 2 bridgehead atoms. The van der Waals surface area contributed by atoms with Crippen molar-refractivity contribution in [3.63, 3.8) is 0 Å². The molecule has 5 unspecified atom stereocenters. The molecule has 0 aromatic carbocycles. The van der Waals surface area contributed by atoms with Crippen LogP contribution in [0.4, 0.5) is 0 Å². The Labute approximate surface area is 104 Å². The van der Waals surface area contributed by atoms with Gasteiger partial charge < -0.3 is 14.6 Å². The van der Waals surface area contributed by atoms with E-state index in [4.69, 9.17) is 14.6 Å². The number of carbonyl (C=O) groups excluding carboxylic acids is 2. The predicted octanol–water partition coefficient (Wildman–Crippen LogP) is 0.548. The van der Waals surface area contributed by atoms with E-state index in [1.165, 1.54) is 0 Å². The minimum absolute atomic E-state index is 0.0976. The maximum atomic E-state index is 11.8. The smallest absolute Gasteiger partial charge is 0.307 e. The van der Waals surface area contributed by atoms with E-state index in [1.54, 1.807) is 0 Å². The number of hydrogen-bond acceptors (Lipinski definition) is 4. The maximum absolute atomic E-state index is 11.8. The van der Waals surface area contributed by atoms with Gasteiger partial charge in [-0.25, -0.2) is 4.57 Å². The average Bonchev–Trinajstić information content (AvgIpc) is 2.87. The van der Waals surface area contributed by atoms with Gasteiger partial charge in [-0.3, -0.25) is 9.32 Å². The standard InChI is InChI=1S/C10H13O5P.CH2O/c11-10-7(4-15-16(12,13)14)8-5-1-2-6(3-5)9(8)10;1-2/h1-2,5-9H,3-4H2,(H2,12,13,14);1H2. The minimum atomic E-state index is -4.45. The Balaban J connectivity index is 0.000000574. The van der Waals surface area contributed by atoms with Crippen LogP contribution in [0.5, 0.6) is 0 Å². The highest BCUT2D eigenvalue weighted by molar-refractivity contribution is 7.46. The molecule has 0 radical (unpaired) electrons. The van der Waals surface area contributed by atoms with Gasteiger partial charge in [0, 0.05) is 11.8 Å². The summed E-state index contributed by atoms with van der Waals surface area (Å²) in [5.41, 5.74) is 0. The molecule has 2 fully saturated rings. The van der Waals surface area contributed by atoms with Gasteiger partial charge in [0.1, 0.15) is 12.6 Å². The zero-order valence-corrected chi connectivity index (χ0v) is 10.5. The van der Waals surface area contributed by atoms with Crippen LogP contribution < -0.4 is 0 Å². The second kappa shape index (κ2) is 4.70. The lowest BCUT2D eigenvalue weighted by molar-refractivity contribution is -0.146. The summed E-state index contributed by atoms with van der Waals surface area (Å²) in [6.07, 6.45) is 5.25. The van der Waals surface area contributed by atoms with Gasteiger partial charge in [-0.15, -0.1) is 0 Å². The summed E-state index contributed by atoms with van der Waals surface area (Å²) < 4.78 is 15.0. The Morgan fingerprint density at radius 2 is 1.94 bits per heavy atom. The summed E-state index contributed by atoms with van der Waals surface area (Å²) in [5.74, 6) is 0.953. The fourth-order valence-electron chi connectivity index (χ4n) is 3.50. The molecule has 2 N–H and O–H groups in total. The molecule has 5 atom stereocenters. The zero-order valence-electron chi connectivity index (χ0n) is 9.64. The van der Waals surface area contributed by atoms with Crippen LogP contribution in [0.2, 0.25) is 0 Å². The van der Waals surface area contributed by atoms with E-state index in [1.807, 2.05) is 6.79 Å². The third-order valence-corrected chi connectivity index (χ3v) is 4.59. The lowest BCUT2D eigenvalue weighted by Gasteiger charge is -2.43. The van der Waals surface area contributed by atoms with E-state index in [0.717, 1.165) is 6.42 Å². The minimum Gasteiger partial charge on any atom is -0.307 e. The Kier molecular flexibility index (Phi) is 3.56. The quantitative estimate of drug-likeness (QED) is 0.575. The summed E-state index contributed by atoms with van der Waals surface area (Å²) >= 11 is 0. The molecule has 100 valence electrons. The Morgan fingerprint density at radius 1 is 1.33 bits per heavy atom. The monoisotopic (exact) mass is 274 g/mol. The second-order valence-electron chi connectivity index (χ2n) is 4.85. The van der Waals surface area contributed by atoms with Crippen LogP contribution in [0.1, 0.15) is 6.42 Å². The first kappa shape index (κ1) is 13.6. The summed E-state index contributed by atoms with van der Waals surface area (Å²) in [5, 5.41) is 0. The van der Waals surface area contributed by atoms with E-state index in [0.29, 0.717) is 11.8 Å². The molecule has 2 saturated carbocycles. The number of allylic oxidation sites excluding steroid dienone is 2. The number of phosphoric ester groups is 1. The van der Waals surface area contributed by atoms with Crippen LogP contribution in [0.3, 0.4) is 0 Å². The summed E-state index contributed by atoms with van der Waals surface area (Å²) in [6.45, 7) is 1.86. The summed E-state index contributed by atoms with van der Waals surface area (Å²) in [4.78, 5) is 37.0. The van der Waals surface area contributed by atoms with Crippen molar-refractivity contribution in [2.24, 2.45) is 29.6 Å². The van der Waals surface area contributed by atoms with Crippen LogP contribution in [0.15, 0.2) is 12.2 Å². The van der Waals surface area contributed by atoms with Crippen molar-refractivity contribution in [2.45, 2.75) is 6.42 Å². The third-order valence-electron chi connectivity index (χ3n) is 4.10. The van der Waals surface area contributed by atoms with E-state index >= 15 is 0 Å². The molecule has 3 aliphatic rings. The first-order chi connectivity index (χ1) is 8.47. The number of carbonyl (C=O) groups is 2. The molecule has 0 aromatic rings. The molecule has 18 heavy (non-hydrogen) atoms. The number of phosphoric acid groups is 1. The van der Waals surface area contributed by atoms with E-state index in [2.05, 4.69) is 16.7 Å². The number of fused-ring (bicyclic) bond motifs is 5. The van der Waals surface area contributed by atoms with Crippen molar-refractivity contribution in [2.75, 3.05) is 6.61 Å². The number of rotatable bonds is 3. The molecule has 6 nitrogen and oxygen atoms in total. The van der Waals surface area contributed by atoms with Gasteiger partial charge in [0.25, 0.3) is 0 Å². The number of Topliss-reactive ketones (excluding diaryl/α,β-unsaturated/α-hetero) is 1. The van der Waals surface area contributed by atoms with E-state index in [-0.39, 0.29) is 30.1 Å². The summed E-state index contributed by atoms with van der Waals surface area (Å²) in [7, 11) is -4.45. The Hall–Kier alpha value is -0.810. The van der Waals surface area contributed by atoms with E-state index in [9.17, 15) is 9.36 Å². The molecule has 0 heterocycles. The van der Waals surface area contributed by atoms with Crippen LogP contribution in [-0.2, 0) is 18.7 Å². The number of ketones is 1. The molecule has 7 heteroatoms. The van der Waals surface area contributed by atoms with Gasteiger partial charge >= 0.3 is 7.82 Å². The lowest BCUT2D eigenvalue weighted by Crippen LogP contribution is -2.51. The fourth-order valence-corrected chi connectivity index (χ4v) is 3.85. The predicted molar refractivity (Wildman–Crippen MR) is 61.3 cm³/mol. The van der Waals surface area contributed by atoms with Crippen LogP contribution in [-0.4, -0.2) is 29.0 Å². The Bertz CT molecular complexity index is 427. The van der Waals surface area contributed by atoms with Gasteiger partial charge in [0.15, 0.2) is 0 Å². The number of hydrogen-bond donors (Lipinski definition) is 2. The first-order valence-electron chi connectivity index (χ1n) is 5.68. The van der Waals surface area contributed by atoms with Crippen LogP contribution >= 0.6 is 7.82 Å². The lowest BCUT2D eigenvalue weighted by atomic mass is 9.59. The highest BCUT2D eigenvalue weighted by atomic mass is 31.2. The zero-order chi connectivity index (χ0) is 13.5. The average molecular weight is 274 g/mol. The highest BCUT2D eigenvalue weighted by Gasteiger charge is 2.61. The van der Waals surface area contributed by atoms with Gasteiger partial charge in [0.2, 0.25) is 0 Å². The maximum Gasteiger partial charge on any atom is 0.469 e. The van der Waals surface area contributed by atoms with Crippen molar-refractivity contribution in [3.8, 4) is 0 Å². The molecule has 0 spiro atoms. The third kappa shape index (κ3) is 2.10. The largest absolute Gasteiger partial charge is 0.469 e. The Morgan fingerprint density at radius 3 is 2.56 bits per heavy atom. The topological polar surface area (TPSA) is 101 Å². The molecular formula is C11H15O6P. The second-order valence-corrected chi connectivity index (χ2v) is 6.09. The molecule has 0 saturated heterocycles. The molecule has 3 aliphatic carbocycles. The van der Waals surface area contributed by atoms with Gasteiger partial charge in [-0.05, 0) is 24.2 Å². The van der Waals surface area contributed by atoms with Crippen molar-refractivity contribution in [1.29, 1.82) is 0 Å². The van der Waals surface area contributed by atoms with Crippen molar-refractivity contribution in [3.05, 3.63) is 12.2 Å². The molecule has 3 rings (SSSR count). The van der Waals surface area contributed by atoms with E-state index < -0.39 is 7.82 Å².